The number of aromatic nitrogens is 2. The van der Waals surface area contributed by atoms with E-state index in [0.717, 1.165) is 22.9 Å². The quantitative estimate of drug-likeness (QED) is 0.342. The Hall–Kier alpha value is -2.27. The number of anilines is 1. The molecule has 0 bridgehead atoms. The van der Waals surface area contributed by atoms with Crippen LogP contribution in [0.1, 0.15) is 35.7 Å². The lowest BCUT2D eigenvalue weighted by Crippen LogP contribution is -2.28. The third-order valence-electron chi connectivity index (χ3n) is 4.48. The van der Waals surface area contributed by atoms with Gasteiger partial charge in [-0.05, 0) is 36.2 Å². The molecule has 31 heavy (non-hydrogen) atoms. The zero-order chi connectivity index (χ0) is 22.3. The van der Waals surface area contributed by atoms with E-state index in [9.17, 15) is 13.2 Å². The van der Waals surface area contributed by atoms with Crippen LogP contribution in [0.25, 0.3) is 0 Å². The first-order valence-corrected chi connectivity index (χ1v) is 13.0. The van der Waals surface area contributed by atoms with Gasteiger partial charge < -0.3 is 0 Å². The van der Waals surface area contributed by atoms with Crippen molar-refractivity contribution in [2.24, 2.45) is 0 Å². The van der Waals surface area contributed by atoms with Crippen molar-refractivity contribution in [3.8, 4) is 0 Å². The monoisotopic (exact) mass is 476 g/mol. The fourth-order valence-corrected chi connectivity index (χ4v) is 5.58. The molecular weight excluding hydrogens is 452 g/mol. The van der Waals surface area contributed by atoms with Crippen LogP contribution in [0.5, 0.6) is 0 Å². The lowest BCUT2D eigenvalue weighted by atomic mass is 10.2. The summed E-state index contributed by atoms with van der Waals surface area (Å²) in [7, 11) is -2.00. The molecule has 1 aromatic heterocycles. The van der Waals surface area contributed by atoms with Crippen molar-refractivity contribution in [3.05, 3.63) is 65.7 Å². The van der Waals surface area contributed by atoms with Gasteiger partial charge in [0.2, 0.25) is 15.2 Å². The van der Waals surface area contributed by atoms with Crippen molar-refractivity contribution in [2.75, 3.05) is 18.9 Å². The van der Waals surface area contributed by atoms with Crippen LogP contribution < -0.4 is 5.32 Å². The number of sulfonamides is 1. The Morgan fingerprint density at radius 2 is 1.81 bits per heavy atom. The second-order valence-electron chi connectivity index (χ2n) is 6.81. The predicted molar refractivity (Wildman–Crippen MR) is 125 cm³/mol. The van der Waals surface area contributed by atoms with Gasteiger partial charge in [-0.2, -0.15) is 0 Å². The molecule has 1 N–H and O–H groups in total. The highest BCUT2D eigenvalue weighted by atomic mass is 32.2. The second-order valence-corrected chi connectivity index (χ2v) is 11.1. The lowest BCUT2D eigenvalue weighted by molar-refractivity contribution is 0.102. The maximum Gasteiger partial charge on any atom is 0.257 e. The fourth-order valence-electron chi connectivity index (χ4n) is 2.67. The van der Waals surface area contributed by atoms with E-state index in [1.165, 1.54) is 45.5 Å². The van der Waals surface area contributed by atoms with Crippen molar-refractivity contribution < 1.29 is 13.2 Å². The molecule has 0 radical (unpaired) electrons. The topological polar surface area (TPSA) is 92.3 Å². The highest BCUT2D eigenvalue weighted by Crippen LogP contribution is 2.28. The van der Waals surface area contributed by atoms with Crippen molar-refractivity contribution in [2.45, 2.75) is 34.8 Å². The third-order valence-corrected chi connectivity index (χ3v) is 8.40. The standard InChI is InChI=1S/C21H24N4O3S3/c1-3-4-14-25(2)31(27,28)18-12-10-17(11-13-18)19(26)22-20-23-24-21(30-20)29-15-16-8-6-5-7-9-16/h5-13H,3-4,14-15H2,1-2H3,(H,22,23,26). The van der Waals surface area contributed by atoms with Gasteiger partial charge in [-0.3, -0.25) is 10.1 Å². The summed E-state index contributed by atoms with van der Waals surface area (Å²) in [5.74, 6) is 0.408. The third kappa shape index (κ3) is 6.36. The van der Waals surface area contributed by atoms with E-state index in [1.807, 2.05) is 37.3 Å². The average molecular weight is 477 g/mol. The van der Waals surface area contributed by atoms with Crippen LogP contribution in [-0.4, -0.2) is 42.4 Å². The maximum atomic E-state index is 12.6. The van der Waals surface area contributed by atoms with Crippen LogP contribution >= 0.6 is 23.1 Å². The molecular formula is C21H24N4O3S3. The molecule has 0 aliphatic carbocycles. The Kier molecular flexibility index (Phi) is 8.19. The number of benzene rings is 2. The molecule has 10 heteroatoms. The Morgan fingerprint density at radius 3 is 2.48 bits per heavy atom. The first-order chi connectivity index (χ1) is 14.9. The van der Waals surface area contributed by atoms with Gasteiger partial charge in [-0.25, -0.2) is 12.7 Å². The highest BCUT2D eigenvalue weighted by Gasteiger charge is 2.20. The number of amides is 1. The number of hydrogen-bond donors (Lipinski definition) is 1. The summed E-state index contributed by atoms with van der Waals surface area (Å²) in [6.45, 7) is 2.47. The van der Waals surface area contributed by atoms with Crippen LogP contribution in [0.15, 0.2) is 63.8 Å². The first kappa shape index (κ1) is 23.4. The first-order valence-electron chi connectivity index (χ1n) is 9.78. The van der Waals surface area contributed by atoms with Gasteiger partial charge in [-0.1, -0.05) is 66.8 Å². The largest absolute Gasteiger partial charge is 0.296 e. The summed E-state index contributed by atoms with van der Waals surface area (Å²) < 4.78 is 27.3. The van der Waals surface area contributed by atoms with Crippen LogP contribution in [0.3, 0.4) is 0 Å². The van der Waals surface area contributed by atoms with E-state index in [4.69, 9.17) is 0 Å². The summed E-state index contributed by atoms with van der Waals surface area (Å²) in [4.78, 5) is 12.7. The van der Waals surface area contributed by atoms with E-state index < -0.39 is 10.0 Å². The smallest absolute Gasteiger partial charge is 0.257 e. The van der Waals surface area contributed by atoms with E-state index >= 15 is 0 Å². The van der Waals surface area contributed by atoms with Crippen LogP contribution in [0, 0.1) is 0 Å². The molecule has 0 saturated heterocycles. The van der Waals surface area contributed by atoms with Gasteiger partial charge in [0.25, 0.3) is 5.91 Å². The van der Waals surface area contributed by atoms with Gasteiger partial charge in [0.05, 0.1) is 4.90 Å². The van der Waals surface area contributed by atoms with E-state index in [2.05, 4.69) is 15.5 Å². The minimum atomic E-state index is -3.56. The minimum Gasteiger partial charge on any atom is -0.296 e. The van der Waals surface area contributed by atoms with E-state index in [0.29, 0.717) is 17.2 Å². The molecule has 0 aliphatic rings. The molecule has 0 aliphatic heterocycles. The number of carbonyl (C=O) groups is 1. The van der Waals surface area contributed by atoms with Gasteiger partial charge in [0.15, 0.2) is 4.34 Å². The van der Waals surface area contributed by atoms with Crippen molar-refractivity contribution >= 4 is 44.2 Å². The number of rotatable bonds is 10. The Bertz CT molecular complexity index is 1100. The average Bonchev–Trinajstić information content (AvgIpc) is 3.24. The van der Waals surface area contributed by atoms with Gasteiger partial charge >= 0.3 is 0 Å². The molecule has 0 unspecified atom stereocenters. The van der Waals surface area contributed by atoms with Crippen LogP contribution in [0.2, 0.25) is 0 Å². The number of hydrogen-bond acceptors (Lipinski definition) is 7. The van der Waals surface area contributed by atoms with E-state index in [1.54, 1.807) is 18.8 Å². The summed E-state index contributed by atoms with van der Waals surface area (Å²) in [6, 6.07) is 15.9. The normalized spacial score (nSPS) is 11.6. The Morgan fingerprint density at radius 1 is 1.10 bits per heavy atom. The number of unbranched alkanes of at least 4 members (excludes halogenated alkanes) is 1. The predicted octanol–water partition coefficient (Wildman–Crippen LogP) is 4.50. The zero-order valence-corrected chi connectivity index (χ0v) is 19.8. The Labute approximate surface area is 191 Å². The fraction of sp³-hybridized carbons (Fsp3) is 0.286. The van der Waals surface area contributed by atoms with Gasteiger partial charge in [0, 0.05) is 24.9 Å². The molecule has 0 fully saturated rings. The summed E-state index contributed by atoms with van der Waals surface area (Å²) in [5, 5.41) is 11.2. The number of thioether (sulfide) groups is 1. The molecule has 0 atom stereocenters. The van der Waals surface area contributed by atoms with Crippen LogP contribution in [-0.2, 0) is 15.8 Å². The molecule has 0 spiro atoms. The van der Waals surface area contributed by atoms with E-state index in [-0.39, 0.29) is 10.8 Å². The maximum absolute atomic E-state index is 12.6. The summed E-state index contributed by atoms with van der Waals surface area (Å²) in [6.07, 6.45) is 1.71. The SMILES string of the molecule is CCCCN(C)S(=O)(=O)c1ccc(C(=O)Nc2nnc(SCc3ccccc3)s2)cc1. The number of nitrogens with one attached hydrogen (secondary N) is 1. The van der Waals surface area contributed by atoms with Crippen LogP contribution in [0.4, 0.5) is 5.13 Å². The lowest BCUT2D eigenvalue weighted by Gasteiger charge is -2.16. The number of nitrogens with zero attached hydrogens (tertiary/aromatic N) is 3. The van der Waals surface area contributed by atoms with Gasteiger partial charge in [0.1, 0.15) is 0 Å². The molecule has 3 rings (SSSR count). The highest BCUT2D eigenvalue weighted by molar-refractivity contribution is 8.00. The molecule has 164 valence electrons. The second kappa shape index (κ2) is 10.9. The number of carbonyl (C=O) groups excluding carboxylic acids is 1. The molecule has 1 heterocycles. The molecule has 0 saturated carbocycles. The minimum absolute atomic E-state index is 0.165. The molecule has 7 nitrogen and oxygen atoms in total. The molecule has 3 aromatic rings. The zero-order valence-electron chi connectivity index (χ0n) is 17.3. The summed E-state index contributed by atoms with van der Waals surface area (Å²) in [5.41, 5.74) is 1.53. The molecule has 1 amide bonds. The molecule has 2 aromatic carbocycles. The Balaban J connectivity index is 1.59. The van der Waals surface area contributed by atoms with Crippen molar-refractivity contribution in [3.63, 3.8) is 0 Å². The van der Waals surface area contributed by atoms with Crippen molar-refractivity contribution in [1.29, 1.82) is 0 Å². The summed E-state index contributed by atoms with van der Waals surface area (Å²) >= 11 is 2.85. The van der Waals surface area contributed by atoms with Crippen molar-refractivity contribution in [1.82, 2.24) is 14.5 Å². The van der Waals surface area contributed by atoms with Gasteiger partial charge in [-0.15, -0.1) is 10.2 Å².